The van der Waals surface area contributed by atoms with Crippen LogP contribution in [-0.4, -0.2) is 103 Å². The molecule has 2 saturated heterocycles. The van der Waals surface area contributed by atoms with Crippen molar-refractivity contribution in [3.05, 3.63) is 42.5 Å². The van der Waals surface area contributed by atoms with E-state index in [1.807, 2.05) is 24.3 Å². The number of likely N-dealkylation sites (N-methyl/N-ethyl adjacent to an activating group) is 1. The average molecular weight is 559 g/mol. The summed E-state index contributed by atoms with van der Waals surface area (Å²) in [4.78, 5) is 55.4. The van der Waals surface area contributed by atoms with Crippen LogP contribution < -0.4 is 15.4 Å². The van der Waals surface area contributed by atoms with Crippen molar-refractivity contribution >= 4 is 23.9 Å². The molecular weight excluding hydrogens is 516 g/mol. The van der Waals surface area contributed by atoms with E-state index in [0.717, 1.165) is 17.7 Å². The molecule has 0 radical (unpaired) electrons. The Balaban J connectivity index is 1.75. The number of hydrogen-bond donors (Lipinski definition) is 2. The van der Waals surface area contributed by atoms with Crippen molar-refractivity contribution in [3.8, 4) is 5.75 Å². The van der Waals surface area contributed by atoms with Gasteiger partial charge in [0.25, 0.3) is 0 Å². The third-order valence-electron chi connectivity index (χ3n) is 6.98. The molecule has 12 nitrogen and oxygen atoms in total. The van der Waals surface area contributed by atoms with Crippen LogP contribution >= 0.6 is 0 Å². The summed E-state index contributed by atoms with van der Waals surface area (Å²) < 4.78 is 10.1. The van der Waals surface area contributed by atoms with Crippen LogP contribution in [0.25, 0.3) is 0 Å². The molecular formula is C28H42N6O6. The number of carbonyl (C=O) groups excluding carboxylic acids is 4. The van der Waals surface area contributed by atoms with E-state index < -0.39 is 18.3 Å². The number of alkyl carbamates (subject to hydrolysis) is 1. The van der Waals surface area contributed by atoms with Gasteiger partial charge in [0, 0.05) is 26.7 Å². The molecule has 2 fully saturated rings. The van der Waals surface area contributed by atoms with E-state index in [1.54, 1.807) is 29.0 Å². The summed E-state index contributed by atoms with van der Waals surface area (Å²) in [6, 6.07) is 6.30. The Morgan fingerprint density at radius 2 is 1.90 bits per heavy atom. The molecule has 5 amide bonds. The second-order valence-corrected chi connectivity index (χ2v) is 10.4. The molecule has 220 valence electrons. The van der Waals surface area contributed by atoms with Crippen LogP contribution in [-0.2, 0) is 20.9 Å². The van der Waals surface area contributed by atoms with Gasteiger partial charge in [-0.2, -0.15) is 0 Å². The Morgan fingerprint density at radius 1 is 1.18 bits per heavy atom. The summed E-state index contributed by atoms with van der Waals surface area (Å²) >= 11 is 0. The maximum absolute atomic E-state index is 13.6. The van der Waals surface area contributed by atoms with Crippen LogP contribution in [0.3, 0.4) is 0 Å². The number of piperazine rings is 1. The molecule has 2 aliphatic heterocycles. The van der Waals surface area contributed by atoms with Crippen molar-refractivity contribution in [3.63, 3.8) is 0 Å². The van der Waals surface area contributed by atoms with Crippen LogP contribution in [0.15, 0.2) is 36.9 Å². The van der Waals surface area contributed by atoms with Gasteiger partial charge in [0.2, 0.25) is 11.8 Å². The predicted molar refractivity (Wildman–Crippen MR) is 149 cm³/mol. The maximum Gasteiger partial charge on any atom is 0.407 e. The standard InChI is InChI=1S/C28H42N6O6/c1-6-16-40-28(38)29-14-7-8-23-26(36)32(15-13-20(2)3)18-24-33(23)25(35)19-31(4)34(24)27(37)30-17-21-9-11-22(39-5)12-10-21/h6,9-12,20,23-24H,1,7-8,13-19H2,2-5H3,(H,29,38)(H,30,37)/t23-,24?/m0/s1. The molecule has 0 aromatic heterocycles. The van der Waals surface area contributed by atoms with Crippen LogP contribution in [0, 0.1) is 5.92 Å². The SMILES string of the molecule is C=CCOC(=O)NCCC[C@H]1C(=O)N(CCC(C)C)CC2N1C(=O)CN(C)N2C(=O)NCc1ccc(OC)cc1. The fourth-order valence-corrected chi connectivity index (χ4v) is 4.87. The lowest BCUT2D eigenvalue weighted by molar-refractivity contribution is -0.187. The van der Waals surface area contributed by atoms with Gasteiger partial charge >= 0.3 is 12.1 Å². The first kappa shape index (κ1) is 30.7. The Morgan fingerprint density at radius 3 is 2.55 bits per heavy atom. The number of ether oxygens (including phenoxy) is 2. The van der Waals surface area contributed by atoms with Gasteiger partial charge in [-0.05, 0) is 42.9 Å². The molecule has 2 aliphatic rings. The first-order chi connectivity index (χ1) is 19.2. The highest BCUT2D eigenvalue weighted by molar-refractivity contribution is 5.91. The number of hydrazine groups is 1. The van der Waals surface area contributed by atoms with Crippen molar-refractivity contribution < 1.29 is 28.7 Å². The van der Waals surface area contributed by atoms with Crippen LogP contribution in [0.5, 0.6) is 5.75 Å². The Hall–Kier alpha value is -3.80. The molecule has 1 unspecified atom stereocenters. The minimum Gasteiger partial charge on any atom is -0.497 e. The van der Waals surface area contributed by atoms with Gasteiger partial charge in [0.15, 0.2) is 0 Å². The number of rotatable bonds is 12. The van der Waals surface area contributed by atoms with Crippen LogP contribution in [0.4, 0.5) is 9.59 Å². The largest absolute Gasteiger partial charge is 0.497 e. The Labute approximate surface area is 236 Å². The molecule has 2 N–H and O–H groups in total. The third-order valence-corrected chi connectivity index (χ3v) is 6.98. The zero-order chi connectivity index (χ0) is 29.2. The minimum atomic E-state index is -0.741. The number of methoxy groups -OCH3 is 1. The smallest absolute Gasteiger partial charge is 0.407 e. The highest BCUT2D eigenvalue weighted by Crippen LogP contribution is 2.28. The summed E-state index contributed by atoms with van der Waals surface area (Å²) in [6.07, 6.45) is 1.85. The first-order valence-corrected chi connectivity index (χ1v) is 13.7. The van der Waals surface area contributed by atoms with Crippen molar-refractivity contribution in [1.82, 2.24) is 30.5 Å². The number of amides is 5. The normalized spacial score (nSPS) is 19.4. The van der Waals surface area contributed by atoms with E-state index in [0.29, 0.717) is 31.8 Å². The molecule has 1 aromatic rings. The molecule has 0 aliphatic carbocycles. The van der Waals surface area contributed by atoms with E-state index in [1.165, 1.54) is 11.1 Å². The zero-order valence-electron chi connectivity index (χ0n) is 23.9. The molecule has 1 aromatic carbocycles. The Bertz CT molecular complexity index is 1050. The fraction of sp³-hybridized carbons (Fsp3) is 0.571. The fourth-order valence-electron chi connectivity index (χ4n) is 4.87. The number of nitrogens with one attached hydrogen (secondary N) is 2. The number of benzene rings is 1. The van der Waals surface area contributed by atoms with Gasteiger partial charge in [-0.25, -0.2) is 19.6 Å². The molecule has 0 bridgehead atoms. The minimum absolute atomic E-state index is 0.0334. The van der Waals surface area contributed by atoms with Crippen LogP contribution in [0.2, 0.25) is 0 Å². The number of carbonyl (C=O) groups is 4. The summed E-state index contributed by atoms with van der Waals surface area (Å²) in [5, 5.41) is 8.75. The van der Waals surface area contributed by atoms with E-state index in [4.69, 9.17) is 9.47 Å². The molecule has 0 spiro atoms. The quantitative estimate of drug-likeness (QED) is 0.298. The lowest BCUT2D eigenvalue weighted by atomic mass is 10.0. The van der Waals surface area contributed by atoms with E-state index in [9.17, 15) is 19.2 Å². The third kappa shape index (κ3) is 7.87. The van der Waals surface area contributed by atoms with Crippen molar-refractivity contribution in [2.75, 3.05) is 46.9 Å². The maximum atomic E-state index is 13.6. The van der Waals surface area contributed by atoms with E-state index in [2.05, 4.69) is 31.1 Å². The summed E-state index contributed by atoms with van der Waals surface area (Å²) in [7, 11) is 3.29. The number of nitrogens with zero attached hydrogens (tertiary/aromatic N) is 4. The van der Waals surface area contributed by atoms with Gasteiger partial charge in [-0.3, -0.25) is 9.59 Å². The molecule has 2 atom stereocenters. The summed E-state index contributed by atoms with van der Waals surface area (Å²) in [5.74, 6) is 0.757. The Kier molecular flexibility index (Phi) is 11.2. The molecule has 3 rings (SSSR count). The van der Waals surface area contributed by atoms with Crippen molar-refractivity contribution in [2.45, 2.75) is 51.9 Å². The monoisotopic (exact) mass is 558 g/mol. The number of urea groups is 1. The van der Waals surface area contributed by atoms with Crippen LogP contribution in [0.1, 0.15) is 38.7 Å². The predicted octanol–water partition coefficient (Wildman–Crippen LogP) is 2.17. The van der Waals surface area contributed by atoms with Gasteiger partial charge < -0.3 is 29.9 Å². The molecule has 12 heteroatoms. The molecule has 2 heterocycles. The topological polar surface area (TPSA) is 124 Å². The highest BCUT2D eigenvalue weighted by Gasteiger charge is 2.50. The summed E-state index contributed by atoms with van der Waals surface area (Å²) in [5.41, 5.74) is 0.899. The van der Waals surface area contributed by atoms with E-state index >= 15 is 0 Å². The van der Waals surface area contributed by atoms with Gasteiger partial charge in [0.1, 0.15) is 24.6 Å². The number of fused-ring (bicyclic) bond motifs is 1. The van der Waals surface area contributed by atoms with Crippen molar-refractivity contribution in [1.29, 1.82) is 0 Å². The lowest BCUT2D eigenvalue weighted by Gasteiger charge is -2.54. The molecule has 0 saturated carbocycles. The summed E-state index contributed by atoms with van der Waals surface area (Å²) in [6.45, 7) is 9.08. The van der Waals surface area contributed by atoms with Crippen molar-refractivity contribution in [2.24, 2.45) is 5.92 Å². The molecule has 40 heavy (non-hydrogen) atoms. The number of hydrogen-bond acceptors (Lipinski definition) is 7. The lowest BCUT2D eigenvalue weighted by Crippen LogP contribution is -2.76. The zero-order valence-corrected chi connectivity index (χ0v) is 23.9. The highest BCUT2D eigenvalue weighted by atomic mass is 16.5. The van der Waals surface area contributed by atoms with E-state index in [-0.39, 0.29) is 44.1 Å². The van der Waals surface area contributed by atoms with Gasteiger partial charge in [-0.15, -0.1) is 0 Å². The second kappa shape index (κ2) is 14.5. The van der Waals surface area contributed by atoms with Gasteiger partial charge in [-0.1, -0.05) is 38.6 Å². The second-order valence-electron chi connectivity index (χ2n) is 10.4. The first-order valence-electron chi connectivity index (χ1n) is 13.7. The van der Waals surface area contributed by atoms with Gasteiger partial charge in [0.05, 0.1) is 20.2 Å². The average Bonchev–Trinajstić information content (AvgIpc) is 2.93.